The number of unbranched alkanes of at least 4 members (excludes halogenated alkanes) is 3. The van der Waals surface area contributed by atoms with Gasteiger partial charge in [0.25, 0.3) is 5.91 Å². The summed E-state index contributed by atoms with van der Waals surface area (Å²) >= 11 is 0. The van der Waals surface area contributed by atoms with Crippen LogP contribution in [0.4, 0.5) is 13.2 Å². The number of aliphatic hydroxyl groups is 1. The standard InChI is InChI=1S/C13H19F3N2O2/c14-13(15,16)10-18-8-5-6-11(18)12(20)17-7-3-1-2-4-9-19/h5-6,8,19H,1-4,7,9-10H2,(H,17,20). The van der Waals surface area contributed by atoms with E-state index in [1.54, 1.807) is 0 Å². The van der Waals surface area contributed by atoms with Crippen LogP contribution in [0, 0.1) is 0 Å². The van der Waals surface area contributed by atoms with E-state index in [9.17, 15) is 18.0 Å². The van der Waals surface area contributed by atoms with Gasteiger partial charge in [-0.15, -0.1) is 0 Å². The van der Waals surface area contributed by atoms with Crippen LogP contribution < -0.4 is 5.32 Å². The predicted molar refractivity (Wildman–Crippen MR) is 68.4 cm³/mol. The largest absolute Gasteiger partial charge is 0.406 e. The summed E-state index contributed by atoms with van der Waals surface area (Å²) in [6.07, 6.45) is 0.0946. The van der Waals surface area contributed by atoms with Crippen molar-refractivity contribution in [3.63, 3.8) is 0 Å². The molecule has 4 nitrogen and oxygen atoms in total. The molecule has 114 valence electrons. The van der Waals surface area contributed by atoms with Crippen molar-refractivity contribution in [1.29, 1.82) is 0 Å². The van der Waals surface area contributed by atoms with Crippen molar-refractivity contribution >= 4 is 5.91 Å². The molecule has 1 amide bonds. The van der Waals surface area contributed by atoms with Gasteiger partial charge in [0.05, 0.1) is 0 Å². The highest BCUT2D eigenvalue weighted by Gasteiger charge is 2.29. The Balaban J connectivity index is 2.38. The van der Waals surface area contributed by atoms with Crippen LogP contribution in [0.15, 0.2) is 18.3 Å². The minimum Gasteiger partial charge on any atom is -0.396 e. The van der Waals surface area contributed by atoms with Gasteiger partial charge in [-0.3, -0.25) is 4.79 Å². The fourth-order valence-electron chi connectivity index (χ4n) is 1.83. The molecule has 1 aromatic rings. The minimum atomic E-state index is -4.35. The molecule has 7 heteroatoms. The average molecular weight is 292 g/mol. The summed E-state index contributed by atoms with van der Waals surface area (Å²) in [4.78, 5) is 11.8. The summed E-state index contributed by atoms with van der Waals surface area (Å²) in [5.41, 5.74) is 0.0117. The van der Waals surface area contributed by atoms with Gasteiger partial charge in [-0.05, 0) is 25.0 Å². The lowest BCUT2D eigenvalue weighted by Gasteiger charge is -2.11. The Labute approximate surface area is 115 Å². The Bertz CT molecular complexity index is 416. The zero-order chi connectivity index (χ0) is 15.0. The fourth-order valence-corrected chi connectivity index (χ4v) is 1.83. The van der Waals surface area contributed by atoms with E-state index in [-0.39, 0.29) is 12.3 Å². The van der Waals surface area contributed by atoms with Crippen molar-refractivity contribution in [3.05, 3.63) is 24.0 Å². The van der Waals surface area contributed by atoms with Crippen LogP contribution >= 0.6 is 0 Å². The second kappa shape index (κ2) is 7.94. The first-order valence-electron chi connectivity index (χ1n) is 6.55. The molecule has 1 aromatic heterocycles. The van der Waals surface area contributed by atoms with Crippen molar-refractivity contribution in [2.24, 2.45) is 0 Å². The molecule has 0 aliphatic carbocycles. The first-order chi connectivity index (χ1) is 9.44. The van der Waals surface area contributed by atoms with Gasteiger partial charge in [0.2, 0.25) is 0 Å². The Morgan fingerprint density at radius 1 is 1.25 bits per heavy atom. The normalized spacial score (nSPS) is 11.6. The van der Waals surface area contributed by atoms with Gasteiger partial charge < -0.3 is 15.0 Å². The maximum atomic E-state index is 12.3. The zero-order valence-corrected chi connectivity index (χ0v) is 11.1. The highest BCUT2D eigenvalue weighted by molar-refractivity contribution is 5.92. The summed E-state index contributed by atoms with van der Waals surface area (Å²) in [7, 11) is 0. The molecule has 0 spiro atoms. The monoisotopic (exact) mass is 292 g/mol. The van der Waals surface area contributed by atoms with Crippen LogP contribution in [-0.4, -0.2) is 34.9 Å². The lowest BCUT2D eigenvalue weighted by molar-refractivity contribution is -0.140. The highest BCUT2D eigenvalue weighted by Crippen LogP contribution is 2.19. The second-order valence-corrected chi connectivity index (χ2v) is 4.53. The van der Waals surface area contributed by atoms with Crippen molar-refractivity contribution in [1.82, 2.24) is 9.88 Å². The van der Waals surface area contributed by atoms with Crippen LogP contribution in [0.5, 0.6) is 0 Å². The third-order valence-electron chi connectivity index (χ3n) is 2.78. The first-order valence-corrected chi connectivity index (χ1v) is 6.55. The van der Waals surface area contributed by atoms with Crippen LogP contribution in [0.3, 0.4) is 0 Å². The van der Waals surface area contributed by atoms with Crippen LogP contribution in [0.2, 0.25) is 0 Å². The number of aromatic nitrogens is 1. The lowest BCUT2D eigenvalue weighted by Crippen LogP contribution is -2.28. The van der Waals surface area contributed by atoms with E-state index in [0.29, 0.717) is 6.54 Å². The van der Waals surface area contributed by atoms with Gasteiger partial charge in [0.15, 0.2) is 0 Å². The fraction of sp³-hybridized carbons (Fsp3) is 0.615. The van der Waals surface area contributed by atoms with Gasteiger partial charge in [-0.25, -0.2) is 0 Å². The van der Waals surface area contributed by atoms with E-state index in [4.69, 9.17) is 5.11 Å². The molecule has 0 aliphatic heterocycles. The number of nitrogens with one attached hydrogen (secondary N) is 1. The summed E-state index contributed by atoms with van der Waals surface area (Å²) in [5.74, 6) is -0.499. The third kappa shape index (κ3) is 6.10. The van der Waals surface area contributed by atoms with Crippen molar-refractivity contribution in [2.75, 3.05) is 13.2 Å². The molecule has 0 saturated heterocycles. The van der Waals surface area contributed by atoms with E-state index in [1.165, 1.54) is 18.3 Å². The van der Waals surface area contributed by atoms with E-state index >= 15 is 0 Å². The van der Waals surface area contributed by atoms with E-state index < -0.39 is 18.6 Å². The van der Waals surface area contributed by atoms with Crippen molar-refractivity contribution in [3.8, 4) is 0 Å². The summed E-state index contributed by atoms with van der Waals surface area (Å²) in [5, 5.41) is 11.2. The molecule has 2 N–H and O–H groups in total. The Morgan fingerprint density at radius 2 is 1.95 bits per heavy atom. The maximum absolute atomic E-state index is 12.3. The number of carbonyl (C=O) groups is 1. The molecule has 0 bridgehead atoms. The number of aliphatic hydroxyl groups excluding tert-OH is 1. The molecule has 0 aromatic carbocycles. The van der Waals surface area contributed by atoms with Gasteiger partial charge in [0.1, 0.15) is 12.2 Å². The number of hydrogen-bond donors (Lipinski definition) is 2. The molecule has 0 fully saturated rings. The Hall–Kier alpha value is -1.50. The highest BCUT2D eigenvalue weighted by atomic mass is 19.4. The summed E-state index contributed by atoms with van der Waals surface area (Å²) in [6.45, 7) is -0.599. The summed E-state index contributed by atoms with van der Waals surface area (Å²) in [6, 6.07) is 2.79. The number of rotatable bonds is 8. The molecule has 0 aliphatic rings. The molecule has 0 unspecified atom stereocenters. The number of halogens is 3. The topological polar surface area (TPSA) is 54.3 Å². The Morgan fingerprint density at radius 3 is 2.60 bits per heavy atom. The smallest absolute Gasteiger partial charge is 0.396 e. The number of hydrogen-bond acceptors (Lipinski definition) is 2. The second-order valence-electron chi connectivity index (χ2n) is 4.53. The van der Waals surface area contributed by atoms with Gasteiger partial charge >= 0.3 is 6.18 Å². The van der Waals surface area contributed by atoms with Crippen LogP contribution in [-0.2, 0) is 6.54 Å². The summed E-state index contributed by atoms with van der Waals surface area (Å²) < 4.78 is 37.8. The SMILES string of the molecule is O=C(NCCCCCCO)c1cccn1CC(F)(F)F. The van der Waals surface area contributed by atoms with E-state index in [2.05, 4.69) is 5.32 Å². The average Bonchev–Trinajstić information content (AvgIpc) is 2.79. The molecule has 20 heavy (non-hydrogen) atoms. The maximum Gasteiger partial charge on any atom is 0.406 e. The lowest BCUT2D eigenvalue weighted by atomic mass is 10.2. The molecule has 1 rings (SSSR count). The molecule has 0 radical (unpaired) electrons. The molecular formula is C13H19F3N2O2. The van der Waals surface area contributed by atoms with Gasteiger partial charge in [-0.2, -0.15) is 13.2 Å². The van der Waals surface area contributed by atoms with Gasteiger partial charge in [-0.1, -0.05) is 12.8 Å². The number of amides is 1. The zero-order valence-electron chi connectivity index (χ0n) is 11.1. The molecular weight excluding hydrogens is 273 g/mol. The molecule has 0 atom stereocenters. The molecule has 1 heterocycles. The van der Waals surface area contributed by atoms with Crippen molar-refractivity contribution < 1.29 is 23.1 Å². The minimum absolute atomic E-state index is 0.0117. The van der Waals surface area contributed by atoms with Crippen LogP contribution in [0.25, 0.3) is 0 Å². The first kappa shape index (κ1) is 16.6. The number of nitrogens with zero attached hydrogens (tertiary/aromatic N) is 1. The number of alkyl halides is 3. The third-order valence-corrected chi connectivity index (χ3v) is 2.78. The van der Waals surface area contributed by atoms with E-state index in [0.717, 1.165) is 30.3 Å². The quantitative estimate of drug-likeness (QED) is 0.723. The Kier molecular flexibility index (Phi) is 6.57. The molecule has 0 saturated carbocycles. The van der Waals surface area contributed by atoms with E-state index in [1.807, 2.05) is 0 Å². The van der Waals surface area contributed by atoms with Crippen molar-refractivity contribution in [2.45, 2.75) is 38.4 Å². The van der Waals surface area contributed by atoms with Crippen LogP contribution in [0.1, 0.15) is 36.2 Å². The number of carbonyl (C=O) groups excluding carboxylic acids is 1. The van der Waals surface area contributed by atoms with Gasteiger partial charge in [0, 0.05) is 19.3 Å². The predicted octanol–water partition coefficient (Wildman–Crippen LogP) is 2.33.